The molecule has 178 valence electrons. The molecule has 0 bridgehead atoms. The highest BCUT2D eigenvalue weighted by atomic mass is 79.9. The Balaban J connectivity index is 1.41. The number of halogens is 4. The van der Waals surface area contributed by atoms with Crippen LogP contribution in [0.25, 0.3) is 0 Å². The predicted octanol–water partition coefficient (Wildman–Crippen LogP) is 5.01. The molecule has 1 saturated carbocycles. The first kappa shape index (κ1) is 25.0. The van der Waals surface area contributed by atoms with Crippen LogP contribution in [0.5, 0.6) is 0 Å². The number of imide groups is 1. The van der Waals surface area contributed by atoms with Gasteiger partial charge in [0.15, 0.2) is 6.61 Å². The lowest BCUT2D eigenvalue weighted by atomic mass is 9.80. The second kappa shape index (κ2) is 10.2. The van der Waals surface area contributed by atoms with E-state index in [9.17, 15) is 19.2 Å². The zero-order chi connectivity index (χ0) is 24.6. The van der Waals surface area contributed by atoms with E-state index in [4.69, 9.17) is 39.5 Å². The summed E-state index contributed by atoms with van der Waals surface area (Å²) in [4.78, 5) is 51.6. The molecule has 7 nitrogen and oxygen atoms in total. The van der Waals surface area contributed by atoms with E-state index in [1.165, 1.54) is 18.2 Å². The summed E-state index contributed by atoms with van der Waals surface area (Å²) in [6.07, 6.45) is 0.643. The van der Waals surface area contributed by atoms with Crippen molar-refractivity contribution in [1.82, 2.24) is 0 Å². The van der Waals surface area contributed by atoms with E-state index in [0.717, 1.165) is 4.90 Å². The number of rotatable bonds is 5. The number of alkyl halides is 2. The molecule has 0 aromatic heterocycles. The summed E-state index contributed by atoms with van der Waals surface area (Å²) in [7, 11) is 0. The summed E-state index contributed by atoms with van der Waals surface area (Å²) >= 11 is 21.7. The van der Waals surface area contributed by atoms with Crippen LogP contribution in [0.1, 0.15) is 23.2 Å². The standard InChI is InChI=1S/C23H18BrCl3N2O5/c24-16-5-4-12(7-17(16)25)28-20(30)10-34-23(33)11-2-1-3-13(6-11)29-21(31)14-8-18(26)19(27)9-15(14)22(29)32/h1-7,14-15,18-19H,8-10H2,(H,28,30)/t14-,15-,18-,19+/m1/s1. The van der Waals surface area contributed by atoms with Crippen LogP contribution in [0.2, 0.25) is 5.02 Å². The molecule has 3 amide bonds. The van der Waals surface area contributed by atoms with E-state index >= 15 is 0 Å². The highest BCUT2D eigenvalue weighted by Crippen LogP contribution is 2.43. The maximum atomic E-state index is 12.9. The molecule has 4 rings (SSSR count). The molecular weight excluding hydrogens is 571 g/mol. The van der Waals surface area contributed by atoms with Crippen molar-refractivity contribution in [3.63, 3.8) is 0 Å². The third-order valence-electron chi connectivity index (χ3n) is 5.79. The molecule has 4 atom stereocenters. The summed E-state index contributed by atoms with van der Waals surface area (Å²) in [5, 5.41) is 2.22. The molecule has 34 heavy (non-hydrogen) atoms. The third-order valence-corrected chi connectivity index (χ3v) is 8.12. The molecule has 0 spiro atoms. The SMILES string of the molecule is O=C(COC(=O)c1cccc(N2C(=O)[C@@H]3C[C@@H](Cl)[C@@H](Cl)C[C@H]3C2=O)c1)Nc1ccc(Br)c(Cl)c1. The molecule has 1 N–H and O–H groups in total. The van der Waals surface area contributed by atoms with Gasteiger partial charge in [-0.15, -0.1) is 23.2 Å². The first-order valence-electron chi connectivity index (χ1n) is 10.3. The van der Waals surface area contributed by atoms with Crippen molar-refractivity contribution in [2.24, 2.45) is 11.8 Å². The Labute approximate surface area is 218 Å². The van der Waals surface area contributed by atoms with E-state index in [2.05, 4.69) is 21.2 Å². The van der Waals surface area contributed by atoms with Crippen molar-refractivity contribution in [1.29, 1.82) is 0 Å². The van der Waals surface area contributed by atoms with Crippen LogP contribution >= 0.6 is 50.7 Å². The van der Waals surface area contributed by atoms with Gasteiger partial charge in [0.1, 0.15) is 0 Å². The van der Waals surface area contributed by atoms with Gasteiger partial charge in [0.05, 0.1) is 38.9 Å². The highest BCUT2D eigenvalue weighted by Gasteiger charge is 2.52. The van der Waals surface area contributed by atoms with Gasteiger partial charge in [0.2, 0.25) is 11.8 Å². The average molecular weight is 589 g/mol. The molecular formula is C23H18BrCl3N2O5. The van der Waals surface area contributed by atoms with Crippen LogP contribution in [0.4, 0.5) is 11.4 Å². The Hall–Kier alpha value is -2.13. The van der Waals surface area contributed by atoms with Crippen LogP contribution in [-0.4, -0.2) is 41.1 Å². The van der Waals surface area contributed by atoms with Crippen molar-refractivity contribution in [3.05, 3.63) is 57.5 Å². The number of esters is 1. The number of nitrogens with zero attached hydrogens (tertiary/aromatic N) is 1. The van der Waals surface area contributed by atoms with Gasteiger partial charge in [-0.1, -0.05) is 17.7 Å². The average Bonchev–Trinajstić information content (AvgIpc) is 3.04. The fourth-order valence-electron chi connectivity index (χ4n) is 4.11. The van der Waals surface area contributed by atoms with Gasteiger partial charge in [-0.25, -0.2) is 4.79 Å². The Morgan fingerprint density at radius 1 is 1.03 bits per heavy atom. The Kier molecular flexibility index (Phi) is 7.52. The summed E-state index contributed by atoms with van der Waals surface area (Å²) in [5.41, 5.74) is 0.796. The van der Waals surface area contributed by atoms with E-state index < -0.39 is 30.3 Å². The molecule has 0 radical (unpaired) electrons. The zero-order valence-corrected chi connectivity index (χ0v) is 21.3. The van der Waals surface area contributed by atoms with Gasteiger partial charge in [-0.2, -0.15) is 0 Å². The number of carbonyl (C=O) groups excluding carboxylic acids is 4. The normalized spacial score (nSPS) is 24.1. The summed E-state index contributed by atoms with van der Waals surface area (Å²) in [5.74, 6) is -3.11. The quantitative estimate of drug-likeness (QED) is 0.301. The van der Waals surface area contributed by atoms with Crippen LogP contribution in [0, 0.1) is 11.8 Å². The zero-order valence-electron chi connectivity index (χ0n) is 17.5. The van der Waals surface area contributed by atoms with E-state index in [1.807, 2.05) is 0 Å². The lowest BCUT2D eigenvalue weighted by Crippen LogP contribution is -2.34. The van der Waals surface area contributed by atoms with Crippen molar-refractivity contribution in [3.8, 4) is 0 Å². The summed E-state index contributed by atoms with van der Waals surface area (Å²) in [6.45, 7) is -0.531. The number of hydrogen-bond donors (Lipinski definition) is 1. The molecule has 2 aromatic carbocycles. The minimum absolute atomic E-state index is 0.0953. The van der Waals surface area contributed by atoms with Crippen LogP contribution in [0.3, 0.4) is 0 Å². The van der Waals surface area contributed by atoms with Gasteiger partial charge in [0.25, 0.3) is 5.91 Å². The van der Waals surface area contributed by atoms with Gasteiger partial charge < -0.3 is 10.1 Å². The third kappa shape index (κ3) is 5.10. The van der Waals surface area contributed by atoms with Crippen molar-refractivity contribution >= 4 is 85.8 Å². The van der Waals surface area contributed by atoms with Crippen molar-refractivity contribution in [2.75, 3.05) is 16.8 Å². The van der Waals surface area contributed by atoms with E-state index in [-0.39, 0.29) is 33.8 Å². The Morgan fingerprint density at radius 2 is 1.68 bits per heavy atom. The molecule has 2 aromatic rings. The minimum Gasteiger partial charge on any atom is -0.452 e. The van der Waals surface area contributed by atoms with Crippen molar-refractivity contribution < 1.29 is 23.9 Å². The topological polar surface area (TPSA) is 92.8 Å². The molecule has 1 aliphatic carbocycles. The second-order valence-corrected chi connectivity index (χ2v) is 10.4. The Morgan fingerprint density at radius 3 is 2.29 bits per heavy atom. The molecule has 2 aliphatic rings. The number of carbonyl (C=O) groups is 4. The monoisotopic (exact) mass is 586 g/mol. The highest BCUT2D eigenvalue weighted by molar-refractivity contribution is 9.10. The molecule has 1 aliphatic heterocycles. The molecule has 1 saturated heterocycles. The number of amides is 3. The van der Waals surface area contributed by atoms with E-state index in [1.54, 1.807) is 24.3 Å². The summed E-state index contributed by atoms with van der Waals surface area (Å²) < 4.78 is 5.77. The lowest BCUT2D eigenvalue weighted by molar-refractivity contribution is -0.122. The van der Waals surface area contributed by atoms with Gasteiger partial charge in [-0.05, 0) is 65.2 Å². The number of anilines is 2. The first-order valence-corrected chi connectivity index (χ1v) is 12.4. The van der Waals surface area contributed by atoms with Gasteiger partial charge in [0, 0.05) is 10.2 Å². The lowest BCUT2D eigenvalue weighted by Gasteiger charge is -2.28. The minimum atomic E-state index is -0.774. The maximum Gasteiger partial charge on any atom is 0.338 e. The number of fused-ring (bicyclic) bond motifs is 1. The maximum absolute atomic E-state index is 12.9. The Bertz CT molecular complexity index is 1150. The van der Waals surface area contributed by atoms with Crippen molar-refractivity contribution in [2.45, 2.75) is 23.6 Å². The number of hydrogen-bond acceptors (Lipinski definition) is 5. The number of nitrogens with one attached hydrogen (secondary N) is 1. The fourth-order valence-corrected chi connectivity index (χ4v) is 5.12. The number of ether oxygens (including phenoxy) is 1. The van der Waals surface area contributed by atoms with Crippen LogP contribution < -0.4 is 10.2 Å². The summed E-state index contributed by atoms with van der Waals surface area (Å²) in [6, 6.07) is 10.8. The van der Waals surface area contributed by atoms with E-state index in [0.29, 0.717) is 28.0 Å². The number of benzene rings is 2. The smallest absolute Gasteiger partial charge is 0.338 e. The molecule has 1 heterocycles. The second-order valence-electron chi connectivity index (χ2n) is 8.03. The molecule has 2 fully saturated rings. The predicted molar refractivity (Wildman–Crippen MR) is 132 cm³/mol. The molecule has 0 unspecified atom stereocenters. The van der Waals surface area contributed by atoms with Gasteiger partial charge >= 0.3 is 5.97 Å². The van der Waals surface area contributed by atoms with Crippen LogP contribution in [0.15, 0.2) is 46.9 Å². The first-order chi connectivity index (χ1) is 16.2. The van der Waals surface area contributed by atoms with Crippen LogP contribution in [-0.2, 0) is 19.1 Å². The largest absolute Gasteiger partial charge is 0.452 e. The fraction of sp³-hybridized carbons (Fsp3) is 0.304. The molecule has 11 heteroatoms. The van der Waals surface area contributed by atoms with Gasteiger partial charge in [-0.3, -0.25) is 19.3 Å².